The first-order valence-corrected chi connectivity index (χ1v) is 14.8. The highest BCUT2D eigenvalue weighted by Gasteiger charge is 2.21. The van der Waals surface area contributed by atoms with Crippen LogP contribution in [0.3, 0.4) is 0 Å². The van der Waals surface area contributed by atoms with Gasteiger partial charge in [0.05, 0.1) is 17.6 Å². The number of nitrogens with one attached hydrogen (secondary N) is 2. The SMILES string of the molecule is CCc1cc(-c2ccc(NS(=O)(=O)c3ccccc3Cl)nc2OC)cc2cnc(N[C@H]3CC[C@H](N)CC3)nc12. The first-order chi connectivity index (χ1) is 18.8. The molecule has 1 saturated carbocycles. The molecule has 0 bridgehead atoms. The van der Waals surface area contributed by atoms with Crippen molar-refractivity contribution in [2.24, 2.45) is 5.73 Å². The van der Waals surface area contributed by atoms with Gasteiger partial charge < -0.3 is 15.8 Å². The second-order valence-corrected chi connectivity index (χ2v) is 11.7. The lowest BCUT2D eigenvalue weighted by atomic mass is 9.92. The molecule has 39 heavy (non-hydrogen) atoms. The summed E-state index contributed by atoms with van der Waals surface area (Å²) in [7, 11) is -2.43. The monoisotopic (exact) mass is 566 g/mol. The van der Waals surface area contributed by atoms with E-state index in [-0.39, 0.29) is 27.7 Å². The molecule has 5 rings (SSSR count). The summed E-state index contributed by atoms with van der Waals surface area (Å²) >= 11 is 6.10. The third-order valence-corrected chi connectivity index (χ3v) is 8.83. The molecule has 11 heteroatoms. The standard InChI is InChI=1S/C28H31ClN6O3S/c1-3-17-14-18(15-19-16-31-28(34-26(17)19)32-21-10-8-20(30)9-11-21)22-12-13-25(33-27(22)38-2)35-39(36,37)24-7-5-4-6-23(24)29/h4-7,12-16,20-21H,3,8-11,30H2,1-2H3,(H,33,35)(H,31,32,34)/t20-,21-. The molecule has 4 aromatic rings. The predicted octanol–water partition coefficient (Wildman–Crippen LogP) is 5.40. The highest BCUT2D eigenvalue weighted by molar-refractivity contribution is 7.92. The number of halogens is 1. The maximum Gasteiger partial charge on any atom is 0.264 e. The Morgan fingerprint density at radius 1 is 1.08 bits per heavy atom. The molecule has 0 radical (unpaired) electrons. The topological polar surface area (TPSA) is 132 Å². The van der Waals surface area contributed by atoms with E-state index in [1.165, 1.54) is 19.2 Å². The fourth-order valence-electron chi connectivity index (χ4n) is 4.89. The number of methoxy groups -OCH3 is 1. The minimum atomic E-state index is -3.93. The number of benzene rings is 2. The number of ether oxygens (including phenoxy) is 1. The van der Waals surface area contributed by atoms with Crippen molar-refractivity contribution in [1.29, 1.82) is 0 Å². The molecule has 4 N–H and O–H groups in total. The van der Waals surface area contributed by atoms with Gasteiger partial charge in [0.1, 0.15) is 10.7 Å². The Hall–Kier alpha value is -3.47. The second kappa shape index (κ2) is 11.3. The van der Waals surface area contributed by atoms with Crippen LogP contribution in [0.25, 0.3) is 22.0 Å². The van der Waals surface area contributed by atoms with Gasteiger partial charge in [0, 0.05) is 29.2 Å². The molecule has 0 amide bonds. The van der Waals surface area contributed by atoms with E-state index in [4.69, 9.17) is 27.1 Å². The Morgan fingerprint density at radius 2 is 1.85 bits per heavy atom. The molecule has 1 aliphatic carbocycles. The number of sulfonamides is 1. The van der Waals surface area contributed by atoms with Crippen molar-refractivity contribution < 1.29 is 13.2 Å². The zero-order chi connectivity index (χ0) is 27.6. The molecule has 0 saturated heterocycles. The van der Waals surface area contributed by atoms with Gasteiger partial charge in [0.25, 0.3) is 10.0 Å². The van der Waals surface area contributed by atoms with Crippen LogP contribution in [0.1, 0.15) is 38.2 Å². The van der Waals surface area contributed by atoms with Gasteiger partial charge in [0.2, 0.25) is 11.8 Å². The molecule has 0 unspecified atom stereocenters. The van der Waals surface area contributed by atoms with Gasteiger partial charge in [-0.3, -0.25) is 4.72 Å². The van der Waals surface area contributed by atoms with E-state index < -0.39 is 10.0 Å². The van der Waals surface area contributed by atoms with Crippen LogP contribution in [0.4, 0.5) is 11.8 Å². The lowest BCUT2D eigenvalue weighted by Gasteiger charge is -2.26. The van der Waals surface area contributed by atoms with Gasteiger partial charge in [-0.15, -0.1) is 0 Å². The molecule has 0 atom stereocenters. The predicted molar refractivity (Wildman–Crippen MR) is 155 cm³/mol. The molecule has 0 aliphatic heterocycles. The van der Waals surface area contributed by atoms with Crippen LogP contribution < -0.4 is 20.5 Å². The van der Waals surface area contributed by atoms with Crippen LogP contribution >= 0.6 is 11.6 Å². The first kappa shape index (κ1) is 27.1. The highest BCUT2D eigenvalue weighted by atomic mass is 35.5. The van der Waals surface area contributed by atoms with Crippen LogP contribution in [-0.4, -0.2) is 42.6 Å². The van der Waals surface area contributed by atoms with Crippen molar-refractivity contribution in [3.8, 4) is 17.0 Å². The van der Waals surface area contributed by atoms with Gasteiger partial charge in [0.15, 0.2) is 0 Å². The molecule has 2 heterocycles. The quantitative estimate of drug-likeness (QED) is 0.258. The summed E-state index contributed by atoms with van der Waals surface area (Å²) in [4.78, 5) is 13.8. The van der Waals surface area contributed by atoms with E-state index in [1.807, 2.05) is 12.3 Å². The molecule has 9 nitrogen and oxygen atoms in total. The normalized spacial score (nSPS) is 17.6. The van der Waals surface area contributed by atoms with E-state index in [1.54, 1.807) is 24.3 Å². The Labute approximate surface area is 233 Å². The average Bonchev–Trinajstić information content (AvgIpc) is 2.93. The number of aromatic nitrogens is 3. The number of aryl methyl sites for hydroxylation is 1. The van der Waals surface area contributed by atoms with Crippen molar-refractivity contribution in [1.82, 2.24) is 15.0 Å². The fourth-order valence-corrected chi connectivity index (χ4v) is 6.41. The Kier molecular flexibility index (Phi) is 7.88. The van der Waals surface area contributed by atoms with Crippen molar-refractivity contribution in [3.05, 3.63) is 65.3 Å². The van der Waals surface area contributed by atoms with Crippen molar-refractivity contribution in [3.63, 3.8) is 0 Å². The molecule has 1 aliphatic rings. The number of fused-ring (bicyclic) bond motifs is 1. The Morgan fingerprint density at radius 3 is 2.56 bits per heavy atom. The lowest BCUT2D eigenvalue weighted by molar-refractivity contribution is 0.400. The first-order valence-electron chi connectivity index (χ1n) is 12.9. The van der Waals surface area contributed by atoms with Crippen molar-refractivity contribution in [2.75, 3.05) is 17.1 Å². The molecule has 2 aromatic carbocycles. The zero-order valence-electron chi connectivity index (χ0n) is 21.8. The molecular formula is C28H31ClN6O3S. The summed E-state index contributed by atoms with van der Waals surface area (Å²) in [6, 6.07) is 14.3. The van der Waals surface area contributed by atoms with Crippen molar-refractivity contribution >= 4 is 44.3 Å². The molecule has 204 valence electrons. The van der Waals surface area contributed by atoms with Gasteiger partial charge in [-0.2, -0.15) is 4.98 Å². The van der Waals surface area contributed by atoms with Crippen LogP contribution in [0.15, 0.2) is 59.6 Å². The highest BCUT2D eigenvalue weighted by Crippen LogP contribution is 2.34. The Bertz CT molecular complexity index is 1610. The van der Waals surface area contributed by atoms with Crippen LogP contribution in [0, 0.1) is 0 Å². The third-order valence-electron chi connectivity index (χ3n) is 6.98. The van der Waals surface area contributed by atoms with Crippen LogP contribution in [0.5, 0.6) is 5.88 Å². The fraction of sp³-hybridized carbons (Fsp3) is 0.321. The smallest absolute Gasteiger partial charge is 0.264 e. The van der Waals surface area contributed by atoms with Crippen molar-refractivity contribution in [2.45, 2.75) is 56.0 Å². The Balaban J connectivity index is 1.44. The summed E-state index contributed by atoms with van der Waals surface area (Å²) in [6.07, 6.45) is 6.63. The largest absolute Gasteiger partial charge is 0.480 e. The number of anilines is 2. The molecule has 0 spiro atoms. The zero-order valence-corrected chi connectivity index (χ0v) is 23.4. The average molecular weight is 567 g/mol. The van der Waals surface area contributed by atoms with Gasteiger partial charge in [-0.05, 0) is 79.6 Å². The number of hydrogen-bond acceptors (Lipinski definition) is 8. The number of rotatable bonds is 8. The minimum Gasteiger partial charge on any atom is -0.480 e. The number of hydrogen-bond donors (Lipinski definition) is 3. The van der Waals surface area contributed by atoms with Gasteiger partial charge in [-0.25, -0.2) is 18.4 Å². The molecule has 1 fully saturated rings. The maximum absolute atomic E-state index is 12.9. The lowest BCUT2D eigenvalue weighted by Crippen LogP contribution is -2.33. The summed E-state index contributed by atoms with van der Waals surface area (Å²) in [5.41, 5.74) is 9.58. The van der Waals surface area contributed by atoms with E-state index in [0.29, 0.717) is 12.0 Å². The third kappa shape index (κ3) is 5.93. The van der Waals surface area contributed by atoms with Crippen LogP contribution in [0.2, 0.25) is 5.02 Å². The number of nitrogens with two attached hydrogens (primary N) is 1. The van der Waals surface area contributed by atoms with E-state index in [2.05, 4.69) is 33.0 Å². The summed E-state index contributed by atoms with van der Waals surface area (Å²) in [6.45, 7) is 2.08. The summed E-state index contributed by atoms with van der Waals surface area (Å²) in [5.74, 6) is 1.03. The molecular weight excluding hydrogens is 536 g/mol. The second-order valence-electron chi connectivity index (χ2n) is 9.67. The van der Waals surface area contributed by atoms with Gasteiger partial charge >= 0.3 is 0 Å². The van der Waals surface area contributed by atoms with E-state index >= 15 is 0 Å². The van der Waals surface area contributed by atoms with Crippen LogP contribution in [-0.2, 0) is 16.4 Å². The summed E-state index contributed by atoms with van der Waals surface area (Å²) in [5, 5.41) is 4.50. The number of nitrogens with zero attached hydrogens (tertiary/aromatic N) is 3. The number of pyridine rings is 1. The van der Waals surface area contributed by atoms with E-state index in [0.717, 1.165) is 59.7 Å². The molecule has 2 aromatic heterocycles. The summed E-state index contributed by atoms with van der Waals surface area (Å²) < 4.78 is 33.8. The van der Waals surface area contributed by atoms with E-state index in [9.17, 15) is 8.42 Å². The van der Waals surface area contributed by atoms with Gasteiger partial charge in [-0.1, -0.05) is 30.7 Å². The maximum atomic E-state index is 12.9. The minimum absolute atomic E-state index is 0.0282.